The molecule has 56 valence electrons. The minimum absolute atomic E-state index is 0.541. The SMILES string of the molecule is CCCCS(=O)CCP. The summed E-state index contributed by atoms with van der Waals surface area (Å²) in [6.45, 7) is 2.12. The maximum Gasteiger partial charge on any atom is 0.0269 e. The standard InChI is InChI=1S/C6H15OPS/c1-2-3-5-9(7)6-4-8/h2-6,8H2,1H3. The van der Waals surface area contributed by atoms with E-state index in [0.717, 1.165) is 30.5 Å². The van der Waals surface area contributed by atoms with Gasteiger partial charge in [-0.3, -0.25) is 4.21 Å². The van der Waals surface area contributed by atoms with Crippen molar-refractivity contribution < 1.29 is 4.21 Å². The minimum atomic E-state index is -0.541. The summed E-state index contributed by atoms with van der Waals surface area (Å²) in [5.41, 5.74) is 0. The van der Waals surface area contributed by atoms with Crippen LogP contribution in [0.15, 0.2) is 0 Å². The van der Waals surface area contributed by atoms with Crippen molar-refractivity contribution in [1.29, 1.82) is 0 Å². The van der Waals surface area contributed by atoms with Crippen LogP contribution in [0.25, 0.3) is 0 Å². The lowest BCUT2D eigenvalue weighted by molar-refractivity contribution is 0.680. The molecule has 0 saturated heterocycles. The van der Waals surface area contributed by atoms with E-state index in [1.807, 2.05) is 0 Å². The molecule has 9 heavy (non-hydrogen) atoms. The van der Waals surface area contributed by atoms with Gasteiger partial charge in [-0.15, -0.1) is 9.24 Å². The highest BCUT2D eigenvalue weighted by Gasteiger charge is 1.94. The zero-order valence-electron chi connectivity index (χ0n) is 5.93. The Kier molecular flexibility index (Phi) is 7.13. The molecule has 0 aliphatic carbocycles. The van der Waals surface area contributed by atoms with Gasteiger partial charge in [0.15, 0.2) is 0 Å². The normalized spacial score (nSPS) is 13.6. The summed E-state index contributed by atoms with van der Waals surface area (Å²) >= 11 is 0. The second kappa shape index (κ2) is 6.70. The Bertz CT molecular complexity index is 85.1. The monoisotopic (exact) mass is 166 g/mol. The Morgan fingerprint density at radius 1 is 1.44 bits per heavy atom. The van der Waals surface area contributed by atoms with Crippen LogP contribution >= 0.6 is 9.24 Å². The third-order valence-corrected chi connectivity index (χ3v) is 3.21. The van der Waals surface area contributed by atoms with Gasteiger partial charge in [-0.25, -0.2) is 0 Å². The topological polar surface area (TPSA) is 17.1 Å². The highest BCUT2D eigenvalue weighted by atomic mass is 32.2. The number of rotatable bonds is 5. The van der Waals surface area contributed by atoms with Gasteiger partial charge in [-0.1, -0.05) is 13.3 Å². The van der Waals surface area contributed by atoms with E-state index in [9.17, 15) is 4.21 Å². The third kappa shape index (κ3) is 6.47. The molecule has 2 unspecified atom stereocenters. The van der Waals surface area contributed by atoms with Crippen LogP contribution in [0, 0.1) is 0 Å². The average Bonchev–Trinajstić information content (AvgIpc) is 1.85. The van der Waals surface area contributed by atoms with E-state index in [2.05, 4.69) is 16.2 Å². The van der Waals surface area contributed by atoms with Crippen LogP contribution in [0.2, 0.25) is 0 Å². The first-order valence-electron chi connectivity index (χ1n) is 3.36. The van der Waals surface area contributed by atoms with Crippen molar-refractivity contribution in [3.63, 3.8) is 0 Å². The summed E-state index contributed by atoms with van der Waals surface area (Å²) < 4.78 is 10.9. The zero-order valence-corrected chi connectivity index (χ0v) is 7.90. The van der Waals surface area contributed by atoms with E-state index in [-0.39, 0.29) is 0 Å². The molecule has 0 aromatic carbocycles. The number of hydrogen-bond donors (Lipinski definition) is 0. The smallest absolute Gasteiger partial charge is 0.0269 e. The van der Waals surface area contributed by atoms with Crippen molar-refractivity contribution in [3.05, 3.63) is 0 Å². The van der Waals surface area contributed by atoms with E-state index in [1.165, 1.54) is 0 Å². The first-order valence-corrected chi connectivity index (χ1v) is 5.66. The molecule has 0 bridgehead atoms. The molecular formula is C6H15OPS. The second-order valence-corrected chi connectivity index (χ2v) is 4.26. The van der Waals surface area contributed by atoms with Crippen LogP contribution < -0.4 is 0 Å². The fraction of sp³-hybridized carbons (Fsp3) is 1.00. The van der Waals surface area contributed by atoms with Gasteiger partial charge >= 0.3 is 0 Å². The molecule has 0 amide bonds. The molecule has 1 nitrogen and oxygen atoms in total. The Morgan fingerprint density at radius 3 is 2.56 bits per heavy atom. The highest BCUT2D eigenvalue weighted by Crippen LogP contribution is 1.93. The quantitative estimate of drug-likeness (QED) is 0.564. The maximum absolute atomic E-state index is 10.9. The molecule has 3 heteroatoms. The van der Waals surface area contributed by atoms with Crippen LogP contribution in [0.3, 0.4) is 0 Å². The van der Waals surface area contributed by atoms with E-state index in [4.69, 9.17) is 0 Å². The number of hydrogen-bond acceptors (Lipinski definition) is 1. The second-order valence-electron chi connectivity index (χ2n) is 1.99. The predicted octanol–water partition coefficient (Wildman–Crippen LogP) is 1.41. The lowest BCUT2D eigenvalue weighted by Gasteiger charge is -1.95. The first-order chi connectivity index (χ1) is 4.31. The average molecular weight is 166 g/mol. The molecule has 0 aromatic heterocycles. The summed E-state index contributed by atoms with van der Waals surface area (Å²) in [5.74, 6) is 1.75. The molecule has 0 aliphatic rings. The van der Waals surface area contributed by atoms with Gasteiger partial charge < -0.3 is 0 Å². The van der Waals surface area contributed by atoms with Crippen molar-refractivity contribution in [1.82, 2.24) is 0 Å². The molecule has 0 heterocycles. The molecular weight excluding hydrogens is 151 g/mol. The van der Waals surface area contributed by atoms with Crippen LogP contribution in [0.1, 0.15) is 19.8 Å². The molecule has 0 aliphatic heterocycles. The molecule has 0 spiro atoms. The summed E-state index contributed by atoms with van der Waals surface area (Å²) in [4.78, 5) is 0. The van der Waals surface area contributed by atoms with Gasteiger partial charge in [-0.2, -0.15) is 0 Å². The highest BCUT2D eigenvalue weighted by molar-refractivity contribution is 7.85. The third-order valence-electron chi connectivity index (χ3n) is 1.07. The van der Waals surface area contributed by atoms with Crippen LogP contribution in [0.4, 0.5) is 0 Å². The van der Waals surface area contributed by atoms with Crippen molar-refractivity contribution in [2.45, 2.75) is 19.8 Å². The Hall–Kier alpha value is 0.580. The number of unbranched alkanes of at least 4 members (excludes halogenated alkanes) is 1. The molecule has 2 atom stereocenters. The largest absolute Gasteiger partial charge is 0.260 e. The van der Waals surface area contributed by atoms with Gasteiger partial charge in [0.1, 0.15) is 0 Å². The lowest BCUT2D eigenvalue weighted by atomic mass is 10.4. The van der Waals surface area contributed by atoms with Crippen molar-refractivity contribution >= 4 is 20.0 Å². The summed E-state index contributed by atoms with van der Waals surface area (Å²) in [5, 5.41) is 0. The molecule has 0 rings (SSSR count). The van der Waals surface area contributed by atoms with E-state index in [0.29, 0.717) is 0 Å². The minimum Gasteiger partial charge on any atom is -0.260 e. The van der Waals surface area contributed by atoms with E-state index < -0.39 is 10.8 Å². The first kappa shape index (κ1) is 9.58. The van der Waals surface area contributed by atoms with Crippen molar-refractivity contribution in [2.75, 3.05) is 17.7 Å². The summed E-state index contributed by atoms with van der Waals surface area (Å²) in [6.07, 6.45) is 3.23. The Labute approximate surface area is 62.3 Å². The molecule has 0 N–H and O–H groups in total. The predicted molar refractivity (Wildman–Crippen MR) is 47.4 cm³/mol. The molecule has 0 aromatic rings. The van der Waals surface area contributed by atoms with Crippen LogP contribution in [-0.2, 0) is 10.8 Å². The van der Waals surface area contributed by atoms with E-state index >= 15 is 0 Å². The zero-order chi connectivity index (χ0) is 7.11. The summed E-state index contributed by atoms with van der Waals surface area (Å²) in [7, 11) is 2.05. The molecule has 0 radical (unpaired) electrons. The van der Waals surface area contributed by atoms with Gasteiger partial charge in [0.25, 0.3) is 0 Å². The Morgan fingerprint density at radius 2 is 2.11 bits per heavy atom. The fourth-order valence-corrected chi connectivity index (χ4v) is 2.41. The Balaban J connectivity index is 3.06. The van der Waals surface area contributed by atoms with Crippen molar-refractivity contribution in [3.8, 4) is 0 Å². The molecule has 0 fully saturated rings. The van der Waals surface area contributed by atoms with Gasteiger partial charge in [0.05, 0.1) is 0 Å². The van der Waals surface area contributed by atoms with Gasteiger partial charge in [0, 0.05) is 22.3 Å². The fourth-order valence-electron chi connectivity index (χ4n) is 0.539. The summed E-state index contributed by atoms with van der Waals surface area (Å²) in [6, 6.07) is 0. The van der Waals surface area contributed by atoms with Crippen LogP contribution in [-0.4, -0.2) is 21.9 Å². The van der Waals surface area contributed by atoms with Crippen LogP contribution in [0.5, 0.6) is 0 Å². The maximum atomic E-state index is 10.9. The van der Waals surface area contributed by atoms with Gasteiger partial charge in [0.2, 0.25) is 0 Å². The molecule has 0 saturated carbocycles. The van der Waals surface area contributed by atoms with Gasteiger partial charge in [-0.05, 0) is 12.6 Å². The van der Waals surface area contributed by atoms with Crippen molar-refractivity contribution in [2.24, 2.45) is 0 Å². The van der Waals surface area contributed by atoms with E-state index in [1.54, 1.807) is 0 Å². The lowest BCUT2D eigenvalue weighted by Crippen LogP contribution is -2.02.